The zero-order valence-corrected chi connectivity index (χ0v) is 8.47. The Morgan fingerprint density at radius 1 is 1.23 bits per heavy atom. The number of Topliss-reactive ketones (excluding diaryl/α,β-unsaturated/α-hetero) is 1. The second-order valence-electron chi connectivity index (χ2n) is 2.65. The van der Waals surface area contributed by atoms with Gasteiger partial charge in [-0.25, -0.2) is 0 Å². The molecule has 0 rings (SSSR count). The molecule has 6 heteroatoms. The molecule has 0 amide bonds. The summed E-state index contributed by atoms with van der Waals surface area (Å²) in [7, 11) is 0. The molecule has 0 saturated heterocycles. The monoisotopic (exact) mass is 210 g/mol. The maximum absolute atomic E-state index is 10.8. The van der Waals surface area contributed by atoms with Crippen molar-refractivity contribution in [2.45, 2.75) is 25.9 Å². The van der Waals surface area contributed by atoms with Crippen LogP contribution < -0.4 is 11.5 Å². The normalized spacial score (nSPS) is 13.8. The minimum absolute atomic E-state index is 0. The number of carbonyl (C=O) groups is 2. The highest BCUT2D eigenvalue weighted by molar-refractivity contribution is 5.87. The van der Waals surface area contributed by atoms with Gasteiger partial charge < -0.3 is 16.2 Å². The Hall–Kier alpha value is -0.650. The summed E-state index contributed by atoms with van der Waals surface area (Å²) >= 11 is 0. The second kappa shape index (κ2) is 6.82. The van der Waals surface area contributed by atoms with Crippen LogP contribution in [0.4, 0.5) is 0 Å². The average molecular weight is 211 g/mol. The van der Waals surface area contributed by atoms with E-state index in [0.717, 1.165) is 0 Å². The van der Waals surface area contributed by atoms with Crippen LogP contribution in [-0.2, 0) is 14.3 Å². The van der Waals surface area contributed by atoms with Crippen molar-refractivity contribution in [2.24, 2.45) is 11.5 Å². The average Bonchev–Trinajstić information content (AvgIpc) is 1.98. The Morgan fingerprint density at radius 2 is 1.69 bits per heavy atom. The first-order valence-corrected chi connectivity index (χ1v) is 3.65. The molecule has 0 saturated carbocycles. The summed E-state index contributed by atoms with van der Waals surface area (Å²) in [4.78, 5) is 21.6. The summed E-state index contributed by atoms with van der Waals surface area (Å²) in [5.74, 6) is -0.909. The van der Waals surface area contributed by atoms with E-state index in [1.54, 1.807) is 0 Å². The molecule has 0 heterocycles. The van der Waals surface area contributed by atoms with Gasteiger partial charge >= 0.3 is 5.97 Å². The lowest BCUT2D eigenvalue weighted by Crippen LogP contribution is -2.35. The summed E-state index contributed by atoms with van der Waals surface area (Å²) in [5, 5.41) is 0. The van der Waals surface area contributed by atoms with Gasteiger partial charge in [-0.15, -0.1) is 12.4 Å². The molecule has 2 atom stereocenters. The van der Waals surface area contributed by atoms with Gasteiger partial charge in [-0.1, -0.05) is 0 Å². The quantitative estimate of drug-likeness (QED) is 0.594. The molecule has 0 aliphatic rings. The number of esters is 1. The molecule has 13 heavy (non-hydrogen) atoms. The van der Waals surface area contributed by atoms with Crippen LogP contribution in [-0.4, -0.2) is 30.4 Å². The minimum Gasteiger partial charge on any atom is -0.456 e. The highest BCUT2D eigenvalue weighted by Gasteiger charge is 2.13. The number of ether oxygens (including phenoxy) is 1. The molecule has 0 fully saturated rings. The Morgan fingerprint density at radius 3 is 2.00 bits per heavy atom. The Balaban J connectivity index is 0. The fourth-order valence-electron chi connectivity index (χ4n) is 0.405. The zero-order chi connectivity index (χ0) is 9.72. The van der Waals surface area contributed by atoms with Gasteiger partial charge in [0.2, 0.25) is 0 Å². The van der Waals surface area contributed by atoms with Crippen molar-refractivity contribution in [1.82, 2.24) is 0 Å². The molecule has 0 spiro atoms. The van der Waals surface area contributed by atoms with Gasteiger partial charge in [0.15, 0.2) is 12.4 Å². The highest BCUT2D eigenvalue weighted by atomic mass is 35.5. The predicted octanol–water partition coefficient (Wildman–Crippen LogP) is -0.785. The van der Waals surface area contributed by atoms with E-state index in [1.165, 1.54) is 13.8 Å². The molecule has 0 aromatic heterocycles. The molecule has 0 aliphatic heterocycles. The summed E-state index contributed by atoms with van der Waals surface area (Å²) in [6.07, 6.45) is 0. The van der Waals surface area contributed by atoms with Crippen molar-refractivity contribution in [2.75, 3.05) is 6.61 Å². The van der Waals surface area contributed by atoms with Crippen molar-refractivity contribution in [3.05, 3.63) is 0 Å². The fraction of sp³-hybridized carbons (Fsp3) is 0.714. The Labute approximate surface area is 83.2 Å². The highest BCUT2D eigenvalue weighted by Crippen LogP contribution is 1.87. The van der Waals surface area contributed by atoms with Gasteiger partial charge in [-0.2, -0.15) is 0 Å². The van der Waals surface area contributed by atoms with Gasteiger partial charge in [0.25, 0.3) is 0 Å². The van der Waals surface area contributed by atoms with Crippen LogP contribution in [0.3, 0.4) is 0 Å². The fourth-order valence-corrected chi connectivity index (χ4v) is 0.405. The zero-order valence-electron chi connectivity index (χ0n) is 7.65. The first-order valence-electron chi connectivity index (χ1n) is 3.65. The van der Waals surface area contributed by atoms with Crippen LogP contribution in [0, 0.1) is 0 Å². The molecule has 0 unspecified atom stereocenters. The van der Waals surface area contributed by atoms with Crippen LogP contribution in [0.1, 0.15) is 13.8 Å². The first kappa shape index (κ1) is 14.9. The van der Waals surface area contributed by atoms with Crippen molar-refractivity contribution in [3.8, 4) is 0 Å². The molecule has 5 nitrogen and oxygen atoms in total. The summed E-state index contributed by atoms with van der Waals surface area (Å²) < 4.78 is 4.53. The molecule has 0 aromatic rings. The van der Waals surface area contributed by atoms with Crippen LogP contribution in [0.25, 0.3) is 0 Å². The molecule has 0 aromatic carbocycles. The number of ketones is 1. The van der Waals surface area contributed by atoms with Crippen LogP contribution in [0.5, 0.6) is 0 Å². The maximum Gasteiger partial charge on any atom is 0.323 e. The Kier molecular flexibility index (Phi) is 7.79. The lowest BCUT2D eigenvalue weighted by atomic mass is 10.2. The molecule has 0 aliphatic carbocycles. The molecule has 0 radical (unpaired) electrons. The summed E-state index contributed by atoms with van der Waals surface area (Å²) in [6, 6.07) is -1.31. The second-order valence-corrected chi connectivity index (χ2v) is 2.65. The van der Waals surface area contributed by atoms with Crippen molar-refractivity contribution in [1.29, 1.82) is 0 Å². The van der Waals surface area contributed by atoms with Gasteiger partial charge in [-0.05, 0) is 13.8 Å². The number of nitrogens with two attached hydrogens (primary N) is 2. The van der Waals surface area contributed by atoms with Crippen LogP contribution in [0.2, 0.25) is 0 Å². The van der Waals surface area contributed by atoms with E-state index in [4.69, 9.17) is 11.5 Å². The van der Waals surface area contributed by atoms with E-state index in [-0.39, 0.29) is 24.8 Å². The van der Waals surface area contributed by atoms with E-state index in [9.17, 15) is 9.59 Å². The van der Waals surface area contributed by atoms with Gasteiger partial charge in [-0.3, -0.25) is 9.59 Å². The van der Waals surface area contributed by atoms with E-state index in [0.29, 0.717) is 0 Å². The van der Waals surface area contributed by atoms with E-state index >= 15 is 0 Å². The summed E-state index contributed by atoms with van der Waals surface area (Å²) in [6.45, 7) is 2.72. The number of halogens is 1. The van der Waals surface area contributed by atoms with Crippen molar-refractivity contribution >= 4 is 24.2 Å². The third-order valence-electron chi connectivity index (χ3n) is 1.24. The molecule has 78 valence electrons. The van der Waals surface area contributed by atoms with Crippen LogP contribution >= 0.6 is 12.4 Å². The van der Waals surface area contributed by atoms with Crippen LogP contribution in [0.15, 0.2) is 0 Å². The van der Waals surface area contributed by atoms with Crippen molar-refractivity contribution < 1.29 is 14.3 Å². The molecular weight excluding hydrogens is 196 g/mol. The van der Waals surface area contributed by atoms with Gasteiger partial charge in [0, 0.05) is 0 Å². The number of hydrogen-bond donors (Lipinski definition) is 2. The minimum atomic E-state index is -0.703. The molecule has 0 bridgehead atoms. The van der Waals surface area contributed by atoms with Gasteiger partial charge in [0.1, 0.15) is 6.04 Å². The third-order valence-corrected chi connectivity index (χ3v) is 1.24. The number of hydrogen-bond acceptors (Lipinski definition) is 5. The van der Waals surface area contributed by atoms with E-state index in [1.807, 2.05) is 0 Å². The van der Waals surface area contributed by atoms with E-state index in [2.05, 4.69) is 4.74 Å². The lowest BCUT2D eigenvalue weighted by molar-refractivity contribution is -0.149. The number of rotatable bonds is 4. The maximum atomic E-state index is 10.8. The van der Waals surface area contributed by atoms with E-state index < -0.39 is 18.1 Å². The predicted molar refractivity (Wildman–Crippen MR) is 50.5 cm³/mol. The van der Waals surface area contributed by atoms with Gasteiger partial charge in [0.05, 0.1) is 6.04 Å². The SMILES string of the molecule is C[C@@H](N)C(=O)COC(=O)[C@@H](C)N.Cl. The number of carbonyl (C=O) groups excluding carboxylic acids is 2. The summed E-state index contributed by atoms with van der Waals surface area (Å²) in [5.41, 5.74) is 10.4. The molecule has 4 N–H and O–H groups in total. The molecular formula is C7H15ClN2O3. The lowest BCUT2D eigenvalue weighted by Gasteiger charge is -2.07. The first-order chi connectivity index (χ1) is 5.45. The van der Waals surface area contributed by atoms with Crippen molar-refractivity contribution in [3.63, 3.8) is 0 Å². The third kappa shape index (κ3) is 6.51. The Bertz CT molecular complexity index is 163. The topological polar surface area (TPSA) is 95.4 Å². The standard InChI is InChI=1S/C7H14N2O3.ClH/c1-4(8)6(10)3-12-7(11)5(2)9;/h4-5H,3,8-9H2,1-2H3;1H/t4-,5-;/m1./s1. The largest absolute Gasteiger partial charge is 0.456 e. The smallest absolute Gasteiger partial charge is 0.323 e.